The number of benzene rings is 1. The fourth-order valence-electron chi connectivity index (χ4n) is 2.72. The molecule has 1 saturated heterocycles. The molecule has 2 heterocycles. The number of pyridine rings is 1. The van der Waals surface area contributed by atoms with Gasteiger partial charge in [-0.1, -0.05) is 18.2 Å². The van der Waals surface area contributed by atoms with E-state index in [1.165, 1.54) is 10.9 Å². The van der Waals surface area contributed by atoms with Crippen LogP contribution in [0.4, 0.5) is 0 Å². The summed E-state index contributed by atoms with van der Waals surface area (Å²) >= 11 is 0. The number of carbonyl (C=O) groups is 1. The van der Waals surface area contributed by atoms with Crippen LogP contribution in [0.15, 0.2) is 36.5 Å². The van der Waals surface area contributed by atoms with E-state index in [0.717, 1.165) is 25.2 Å². The van der Waals surface area contributed by atoms with Crippen LogP contribution in [0.3, 0.4) is 0 Å². The number of rotatable bonds is 4. The normalized spacial score (nSPS) is 16.4. The van der Waals surface area contributed by atoms with Crippen molar-refractivity contribution >= 4 is 16.9 Å². The maximum Gasteiger partial charge on any atom is 0.303 e. The predicted molar refractivity (Wildman–Crippen MR) is 72.8 cm³/mol. The predicted octanol–water partition coefficient (Wildman–Crippen LogP) is 2.14. The number of hydrogen-bond acceptors (Lipinski definition) is 3. The number of carboxylic acid groups (broad SMARTS) is 1. The first-order valence-electron chi connectivity index (χ1n) is 6.49. The Bertz CT molecular complexity index is 601. The summed E-state index contributed by atoms with van der Waals surface area (Å²) in [6, 6.07) is 10.2. The van der Waals surface area contributed by atoms with Crippen molar-refractivity contribution < 1.29 is 9.90 Å². The molecule has 19 heavy (non-hydrogen) atoms. The van der Waals surface area contributed by atoms with E-state index in [1.54, 1.807) is 0 Å². The lowest BCUT2D eigenvalue weighted by Gasteiger charge is -2.38. The van der Waals surface area contributed by atoms with Gasteiger partial charge in [-0.15, -0.1) is 0 Å². The monoisotopic (exact) mass is 256 g/mol. The number of para-hydroxylation sites is 1. The first-order chi connectivity index (χ1) is 9.22. The first-order valence-corrected chi connectivity index (χ1v) is 6.49. The molecule has 1 aromatic heterocycles. The van der Waals surface area contributed by atoms with Crippen LogP contribution in [-0.4, -0.2) is 34.0 Å². The van der Waals surface area contributed by atoms with Crippen molar-refractivity contribution in [3.63, 3.8) is 0 Å². The Morgan fingerprint density at radius 1 is 1.32 bits per heavy atom. The van der Waals surface area contributed by atoms with E-state index >= 15 is 0 Å². The van der Waals surface area contributed by atoms with E-state index in [-0.39, 0.29) is 6.42 Å². The van der Waals surface area contributed by atoms with Crippen molar-refractivity contribution in [3.05, 3.63) is 42.1 Å². The molecular weight excluding hydrogens is 240 g/mol. The van der Waals surface area contributed by atoms with E-state index in [4.69, 9.17) is 5.11 Å². The number of nitrogens with zero attached hydrogens (tertiary/aromatic N) is 2. The van der Waals surface area contributed by atoms with Gasteiger partial charge >= 0.3 is 5.97 Å². The lowest BCUT2D eigenvalue weighted by Crippen LogP contribution is -2.46. The molecular formula is C15H16N2O2. The Balaban J connectivity index is 1.69. The molecule has 0 atom stereocenters. The zero-order valence-electron chi connectivity index (χ0n) is 10.6. The van der Waals surface area contributed by atoms with Gasteiger partial charge < -0.3 is 5.11 Å². The maximum atomic E-state index is 10.6. The van der Waals surface area contributed by atoms with E-state index in [1.807, 2.05) is 30.5 Å². The summed E-state index contributed by atoms with van der Waals surface area (Å²) < 4.78 is 0. The Labute approximate surface area is 111 Å². The standard InChI is InChI=1S/C15H16N2O2/c18-15(19)7-11-8-17(9-11)10-12-5-6-16-14-4-2-1-3-13(12)14/h1-6,11H,7-10H2,(H,18,19). The molecule has 4 nitrogen and oxygen atoms in total. The lowest BCUT2D eigenvalue weighted by molar-refractivity contribution is -0.139. The lowest BCUT2D eigenvalue weighted by atomic mass is 9.95. The molecule has 0 spiro atoms. The zero-order valence-corrected chi connectivity index (χ0v) is 10.6. The van der Waals surface area contributed by atoms with Crippen LogP contribution in [0.5, 0.6) is 0 Å². The largest absolute Gasteiger partial charge is 0.481 e. The molecule has 4 heteroatoms. The maximum absolute atomic E-state index is 10.6. The highest BCUT2D eigenvalue weighted by Gasteiger charge is 2.28. The summed E-state index contributed by atoms with van der Waals surface area (Å²) in [5, 5.41) is 9.93. The zero-order chi connectivity index (χ0) is 13.2. The Morgan fingerprint density at radius 2 is 2.11 bits per heavy atom. The minimum atomic E-state index is -0.695. The van der Waals surface area contributed by atoms with Gasteiger partial charge in [0.05, 0.1) is 11.9 Å². The van der Waals surface area contributed by atoms with E-state index in [0.29, 0.717) is 5.92 Å². The molecule has 1 N–H and O–H groups in total. The van der Waals surface area contributed by atoms with Crippen molar-refractivity contribution in [2.24, 2.45) is 5.92 Å². The summed E-state index contributed by atoms with van der Waals surface area (Å²) in [6.45, 7) is 2.63. The van der Waals surface area contributed by atoms with Crippen LogP contribution in [0.1, 0.15) is 12.0 Å². The fraction of sp³-hybridized carbons (Fsp3) is 0.333. The van der Waals surface area contributed by atoms with Crippen LogP contribution in [0.25, 0.3) is 10.9 Å². The third kappa shape index (κ3) is 2.58. The van der Waals surface area contributed by atoms with Gasteiger partial charge in [-0.05, 0) is 23.6 Å². The average molecular weight is 256 g/mol. The van der Waals surface area contributed by atoms with Gasteiger partial charge in [0.1, 0.15) is 0 Å². The highest BCUT2D eigenvalue weighted by atomic mass is 16.4. The van der Waals surface area contributed by atoms with Crippen LogP contribution >= 0.6 is 0 Å². The van der Waals surface area contributed by atoms with Crippen LogP contribution in [0, 0.1) is 5.92 Å². The average Bonchev–Trinajstić information content (AvgIpc) is 2.36. The molecule has 0 saturated carbocycles. The topological polar surface area (TPSA) is 53.4 Å². The van der Waals surface area contributed by atoms with Crippen LogP contribution in [0.2, 0.25) is 0 Å². The molecule has 98 valence electrons. The SMILES string of the molecule is O=C(O)CC1CN(Cc2ccnc3ccccc23)C1. The first kappa shape index (κ1) is 12.1. The number of aliphatic carboxylic acids is 1. The molecule has 0 amide bonds. The van der Waals surface area contributed by atoms with Gasteiger partial charge in [-0.25, -0.2) is 0 Å². The quantitative estimate of drug-likeness (QED) is 0.910. The molecule has 3 rings (SSSR count). The smallest absolute Gasteiger partial charge is 0.303 e. The minimum Gasteiger partial charge on any atom is -0.481 e. The second-order valence-corrected chi connectivity index (χ2v) is 5.15. The van der Waals surface area contributed by atoms with E-state index in [9.17, 15) is 4.79 Å². The van der Waals surface area contributed by atoms with Gasteiger partial charge in [-0.3, -0.25) is 14.7 Å². The van der Waals surface area contributed by atoms with Gasteiger partial charge in [0.15, 0.2) is 0 Å². The molecule has 2 aromatic rings. The third-order valence-corrected chi connectivity index (χ3v) is 3.63. The third-order valence-electron chi connectivity index (χ3n) is 3.63. The number of aromatic nitrogens is 1. The van der Waals surface area contributed by atoms with Crippen molar-refractivity contribution in [1.29, 1.82) is 0 Å². The molecule has 0 unspecified atom stereocenters. The molecule has 1 aliphatic rings. The molecule has 0 aliphatic carbocycles. The highest BCUT2D eigenvalue weighted by molar-refractivity contribution is 5.81. The molecule has 1 aromatic carbocycles. The molecule has 0 radical (unpaired) electrons. The Kier molecular flexibility index (Phi) is 3.17. The van der Waals surface area contributed by atoms with Gasteiger partial charge in [0, 0.05) is 31.2 Å². The Morgan fingerprint density at radius 3 is 2.89 bits per heavy atom. The highest BCUT2D eigenvalue weighted by Crippen LogP contribution is 2.24. The van der Waals surface area contributed by atoms with Gasteiger partial charge in [0.25, 0.3) is 0 Å². The Hall–Kier alpha value is -1.94. The molecule has 0 bridgehead atoms. The summed E-state index contributed by atoms with van der Waals surface area (Å²) in [4.78, 5) is 17.3. The second-order valence-electron chi connectivity index (χ2n) is 5.15. The number of likely N-dealkylation sites (tertiary alicyclic amines) is 1. The van der Waals surface area contributed by atoms with Crippen molar-refractivity contribution in [2.45, 2.75) is 13.0 Å². The van der Waals surface area contributed by atoms with Crippen LogP contribution in [-0.2, 0) is 11.3 Å². The summed E-state index contributed by atoms with van der Waals surface area (Å²) in [7, 11) is 0. The number of hydrogen-bond donors (Lipinski definition) is 1. The summed E-state index contributed by atoms with van der Waals surface area (Å²) in [5.74, 6) is -0.385. The number of carboxylic acids is 1. The van der Waals surface area contributed by atoms with Crippen LogP contribution < -0.4 is 0 Å². The molecule has 1 aliphatic heterocycles. The van der Waals surface area contributed by atoms with Crippen molar-refractivity contribution in [2.75, 3.05) is 13.1 Å². The van der Waals surface area contributed by atoms with Crippen molar-refractivity contribution in [1.82, 2.24) is 9.88 Å². The van der Waals surface area contributed by atoms with Gasteiger partial charge in [-0.2, -0.15) is 0 Å². The summed E-state index contributed by atoms with van der Waals surface area (Å²) in [5.41, 5.74) is 2.28. The minimum absolute atomic E-state index is 0.285. The van der Waals surface area contributed by atoms with E-state index < -0.39 is 5.97 Å². The fourth-order valence-corrected chi connectivity index (χ4v) is 2.72. The van der Waals surface area contributed by atoms with E-state index in [2.05, 4.69) is 16.0 Å². The number of fused-ring (bicyclic) bond motifs is 1. The van der Waals surface area contributed by atoms with Crippen molar-refractivity contribution in [3.8, 4) is 0 Å². The molecule has 1 fully saturated rings. The second kappa shape index (κ2) is 4.97. The van der Waals surface area contributed by atoms with Gasteiger partial charge in [0.2, 0.25) is 0 Å². The summed E-state index contributed by atoms with van der Waals surface area (Å²) in [6.07, 6.45) is 2.12.